The molecule has 0 saturated carbocycles. The second-order valence-corrected chi connectivity index (χ2v) is 4.11. The van der Waals surface area contributed by atoms with Crippen LogP contribution in [0.1, 0.15) is 33.6 Å². The van der Waals surface area contributed by atoms with Gasteiger partial charge in [0.05, 0.1) is 0 Å². The number of allylic oxidation sites excluding steroid dienone is 1. The monoisotopic (exact) mass is 240 g/mol. The standard InChI is InChI=1S/C13H20O4/c1-5-13(4,17-12(3)15)8-6-7-11(2)9-16-10-14/h5,7,10H,1,6,8-9H2,2-4H3. The first-order valence-corrected chi connectivity index (χ1v) is 5.47. The summed E-state index contributed by atoms with van der Waals surface area (Å²) >= 11 is 0. The van der Waals surface area contributed by atoms with Crippen molar-refractivity contribution in [2.75, 3.05) is 6.61 Å². The number of carbonyl (C=O) groups is 2. The Bertz CT molecular complexity index is 307. The Kier molecular flexibility index (Phi) is 6.94. The lowest BCUT2D eigenvalue weighted by Crippen LogP contribution is -2.27. The van der Waals surface area contributed by atoms with Crippen molar-refractivity contribution in [2.45, 2.75) is 39.2 Å². The highest BCUT2D eigenvalue weighted by atomic mass is 16.6. The van der Waals surface area contributed by atoms with E-state index >= 15 is 0 Å². The van der Waals surface area contributed by atoms with Gasteiger partial charge in [-0.1, -0.05) is 12.7 Å². The van der Waals surface area contributed by atoms with Gasteiger partial charge in [0.15, 0.2) is 0 Å². The summed E-state index contributed by atoms with van der Waals surface area (Å²) in [6, 6.07) is 0. The van der Waals surface area contributed by atoms with Crippen LogP contribution >= 0.6 is 0 Å². The van der Waals surface area contributed by atoms with Gasteiger partial charge < -0.3 is 9.47 Å². The summed E-state index contributed by atoms with van der Waals surface area (Å²) in [5.41, 5.74) is 0.319. The third-order valence-corrected chi connectivity index (χ3v) is 2.32. The Morgan fingerprint density at radius 2 is 2.06 bits per heavy atom. The summed E-state index contributed by atoms with van der Waals surface area (Å²) in [6.45, 7) is 9.44. The molecule has 0 aliphatic heterocycles. The average Bonchev–Trinajstić information content (AvgIpc) is 2.25. The molecule has 0 rings (SSSR count). The molecule has 0 fully saturated rings. The molecule has 0 spiro atoms. The molecule has 17 heavy (non-hydrogen) atoms. The van der Waals surface area contributed by atoms with Crippen LogP contribution in [0.4, 0.5) is 0 Å². The minimum absolute atomic E-state index is 0.294. The van der Waals surface area contributed by atoms with Crippen LogP contribution in [-0.4, -0.2) is 24.6 Å². The largest absolute Gasteiger partial charge is 0.463 e. The average molecular weight is 240 g/mol. The van der Waals surface area contributed by atoms with E-state index in [-0.39, 0.29) is 5.97 Å². The Hall–Kier alpha value is -1.58. The van der Waals surface area contributed by atoms with E-state index in [0.29, 0.717) is 19.5 Å². The van der Waals surface area contributed by atoms with Gasteiger partial charge in [0.2, 0.25) is 0 Å². The number of hydrogen-bond acceptors (Lipinski definition) is 4. The summed E-state index contributed by atoms with van der Waals surface area (Å²) < 4.78 is 9.79. The molecule has 0 radical (unpaired) electrons. The van der Waals surface area contributed by atoms with Crippen LogP contribution in [0.3, 0.4) is 0 Å². The van der Waals surface area contributed by atoms with Crippen LogP contribution in [0.2, 0.25) is 0 Å². The normalized spacial score (nSPS) is 14.6. The van der Waals surface area contributed by atoms with E-state index < -0.39 is 5.60 Å². The molecule has 1 atom stereocenters. The summed E-state index contributed by atoms with van der Waals surface area (Å²) in [4.78, 5) is 20.9. The molecule has 0 amide bonds. The van der Waals surface area contributed by atoms with Crippen molar-refractivity contribution < 1.29 is 19.1 Å². The Morgan fingerprint density at radius 1 is 1.41 bits per heavy atom. The SMILES string of the molecule is C=CC(C)(CCC=C(C)COC=O)OC(C)=O. The van der Waals surface area contributed by atoms with E-state index in [1.807, 2.05) is 19.9 Å². The lowest BCUT2D eigenvalue weighted by atomic mass is 9.99. The summed E-state index contributed by atoms with van der Waals surface area (Å²) in [6.07, 6.45) is 4.95. The second-order valence-electron chi connectivity index (χ2n) is 4.11. The molecule has 96 valence electrons. The van der Waals surface area contributed by atoms with Gasteiger partial charge in [-0.25, -0.2) is 0 Å². The van der Waals surface area contributed by atoms with Crippen LogP contribution in [0.15, 0.2) is 24.3 Å². The number of ether oxygens (including phenoxy) is 2. The van der Waals surface area contributed by atoms with Crippen molar-refractivity contribution in [3.63, 3.8) is 0 Å². The van der Waals surface area contributed by atoms with Crippen molar-refractivity contribution >= 4 is 12.4 Å². The zero-order valence-corrected chi connectivity index (χ0v) is 10.7. The Labute approximate surface area is 102 Å². The summed E-state index contributed by atoms with van der Waals surface area (Å²) in [5, 5.41) is 0. The smallest absolute Gasteiger partial charge is 0.303 e. The van der Waals surface area contributed by atoms with Gasteiger partial charge in [-0.05, 0) is 38.3 Å². The molecule has 0 saturated heterocycles. The Morgan fingerprint density at radius 3 is 2.53 bits per heavy atom. The van der Waals surface area contributed by atoms with E-state index in [1.165, 1.54) is 6.92 Å². The number of hydrogen-bond donors (Lipinski definition) is 0. The second kappa shape index (κ2) is 7.65. The molecule has 0 aliphatic carbocycles. The maximum absolute atomic E-state index is 10.9. The first-order valence-electron chi connectivity index (χ1n) is 5.47. The number of esters is 1. The summed E-state index contributed by atoms with van der Waals surface area (Å²) in [7, 11) is 0. The van der Waals surface area contributed by atoms with E-state index in [4.69, 9.17) is 4.74 Å². The van der Waals surface area contributed by atoms with E-state index in [9.17, 15) is 9.59 Å². The van der Waals surface area contributed by atoms with Crippen molar-refractivity contribution in [1.29, 1.82) is 0 Å². The van der Waals surface area contributed by atoms with Gasteiger partial charge in [-0.15, -0.1) is 0 Å². The molecule has 0 bridgehead atoms. The van der Waals surface area contributed by atoms with Gasteiger partial charge in [0, 0.05) is 6.92 Å². The van der Waals surface area contributed by atoms with Crippen LogP contribution in [0, 0.1) is 0 Å². The van der Waals surface area contributed by atoms with Gasteiger partial charge in [-0.3, -0.25) is 9.59 Å². The maximum atomic E-state index is 10.9. The zero-order valence-electron chi connectivity index (χ0n) is 10.7. The van der Waals surface area contributed by atoms with E-state index in [2.05, 4.69) is 11.3 Å². The highest BCUT2D eigenvalue weighted by Gasteiger charge is 2.22. The minimum Gasteiger partial charge on any atom is -0.463 e. The zero-order chi connectivity index (χ0) is 13.3. The molecular formula is C13H20O4. The quantitative estimate of drug-likeness (QED) is 0.371. The van der Waals surface area contributed by atoms with Crippen molar-refractivity contribution in [1.82, 2.24) is 0 Å². The third kappa shape index (κ3) is 7.33. The first kappa shape index (κ1) is 15.4. The third-order valence-electron chi connectivity index (χ3n) is 2.32. The molecule has 0 heterocycles. The van der Waals surface area contributed by atoms with Crippen LogP contribution in [-0.2, 0) is 19.1 Å². The molecule has 4 nitrogen and oxygen atoms in total. The van der Waals surface area contributed by atoms with Gasteiger partial charge in [0.25, 0.3) is 6.47 Å². The maximum Gasteiger partial charge on any atom is 0.303 e. The van der Waals surface area contributed by atoms with Gasteiger partial charge in [0.1, 0.15) is 12.2 Å². The predicted octanol–water partition coefficient (Wildman–Crippen LogP) is 2.39. The highest BCUT2D eigenvalue weighted by Crippen LogP contribution is 2.20. The number of rotatable bonds is 8. The van der Waals surface area contributed by atoms with E-state index in [1.54, 1.807) is 6.08 Å². The first-order chi connectivity index (χ1) is 7.93. The molecule has 0 N–H and O–H groups in total. The van der Waals surface area contributed by atoms with Crippen molar-refractivity contribution in [2.24, 2.45) is 0 Å². The molecule has 1 unspecified atom stereocenters. The van der Waals surface area contributed by atoms with Gasteiger partial charge in [-0.2, -0.15) is 0 Å². The Balaban J connectivity index is 4.18. The molecular weight excluding hydrogens is 220 g/mol. The minimum atomic E-state index is -0.645. The van der Waals surface area contributed by atoms with Crippen LogP contribution in [0.25, 0.3) is 0 Å². The topological polar surface area (TPSA) is 52.6 Å². The fraction of sp³-hybridized carbons (Fsp3) is 0.538. The molecule has 0 aromatic rings. The molecule has 4 heteroatoms. The van der Waals surface area contributed by atoms with Crippen molar-refractivity contribution in [3.8, 4) is 0 Å². The molecule has 0 aliphatic rings. The van der Waals surface area contributed by atoms with Crippen molar-refractivity contribution in [3.05, 3.63) is 24.3 Å². The molecule has 0 aromatic carbocycles. The molecule has 0 aromatic heterocycles. The lowest BCUT2D eigenvalue weighted by Gasteiger charge is -2.24. The lowest BCUT2D eigenvalue weighted by molar-refractivity contribution is -0.151. The van der Waals surface area contributed by atoms with Gasteiger partial charge >= 0.3 is 5.97 Å². The van der Waals surface area contributed by atoms with Crippen LogP contribution in [0.5, 0.6) is 0 Å². The predicted molar refractivity (Wildman–Crippen MR) is 65.4 cm³/mol. The highest BCUT2D eigenvalue weighted by molar-refractivity contribution is 5.66. The van der Waals surface area contributed by atoms with E-state index in [0.717, 1.165) is 12.0 Å². The summed E-state index contributed by atoms with van der Waals surface area (Å²) in [5.74, 6) is -0.322. The fourth-order valence-corrected chi connectivity index (χ4v) is 1.35. The number of carbonyl (C=O) groups excluding carboxylic acids is 2. The van der Waals surface area contributed by atoms with Crippen LogP contribution < -0.4 is 0 Å². The fourth-order valence-electron chi connectivity index (χ4n) is 1.35.